The summed E-state index contributed by atoms with van der Waals surface area (Å²) in [6.45, 7) is 9.31. The smallest absolute Gasteiger partial charge is 0.164 e. The van der Waals surface area contributed by atoms with Crippen LogP contribution in [0.5, 0.6) is 0 Å². The molecule has 0 aliphatic heterocycles. The van der Waals surface area contributed by atoms with Gasteiger partial charge in [-0.1, -0.05) is 27.4 Å². The Morgan fingerprint density at radius 3 is 1.80 bits per heavy atom. The summed E-state index contributed by atoms with van der Waals surface area (Å²) in [5.41, 5.74) is 0. The topological polar surface area (TPSA) is 34.1 Å². The molecular weight excluding hydrogens is 148 g/mol. The second kappa shape index (κ2) is 3.76. The second-order valence-electron chi connectivity index (χ2n) is 2.78. The average molecular weight is 162 g/mol. The third kappa shape index (κ3) is 2.52. The molecule has 60 valence electrons. The molecule has 0 radical (unpaired) electrons. The molecule has 0 amide bonds. The molecule has 0 N–H and O–H groups in total. The van der Waals surface area contributed by atoms with E-state index in [1.54, 1.807) is 0 Å². The predicted molar refractivity (Wildman–Crippen MR) is 43.5 cm³/mol. The minimum absolute atomic E-state index is 0.0705. The molecule has 0 heterocycles. The standard InChI is InChI=1S/C7H14O2S/c1-5(2)6(3)7(4)10(8)9/h5-6,10H,4H2,1-3H3. The van der Waals surface area contributed by atoms with Gasteiger partial charge in [-0.3, -0.25) is 0 Å². The molecule has 0 rings (SSSR count). The lowest BCUT2D eigenvalue weighted by molar-refractivity contribution is 0.492. The van der Waals surface area contributed by atoms with Gasteiger partial charge in [-0.25, -0.2) is 8.42 Å². The van der Waals surface area contributed by atoms with Gasteiger partial charge in [-0.2, -0.15) is 0 Å². The molecule has 0 aromatic rings. The fourth-order valence-corrected chi connectivity index (χ4v) is 1.18. The third-order valence-corrected chi connectivity index (χ3v) is 2.64. The quantitative estimate of drug-likeness (QED) is 0.636. The molecule has 1 atom stereocenters. The first-order chi connectivity index (χ1) is 4.46. The third-order valence-electron chi connectivity index (χ3n) is 1.76. The molecule has 0 saturated heterocycles. The van der Waals surface area contributed by atoms with E-state index in [0.29, 0.717) is 10.8 Å². The van der Waals surface area contributed by atoms with Gasteiger partial charge >= 0.3 is 0 Å². The number of thiol groups is 1. The van der Waals surface area contributed by atoms with Gasteiger partial charge in [0.1, 0.15) is 0 Å². The highest BCUT2D eigenvalue weighted by Crippen LogP contribution is 2.17. The molecule has 0 fully saturated rings. The lowest BCUT2D eigenvalue weighted by atomic mass is 9.98. The summed E-state index contributed by atoms with van der Waals surface area (Å²) in [5.74, 6) is 0.418. The molecule has 0 aliphatic carbocycles. The highest BCUT2D eigenvalue weighted by atomic mass is 32.2. The van der Waals surface area contributed by atoms with Gasteiger partial charge in [0.05, 0.1) is 0 Å². The summed E-state index contributed by atoms with van der Waals surface area (Å²) in [6.07, 6.45) is 0. The number of hydrogen-bond acceptors (Lipinski definition) is 2. The van der Waals surface area contributed by atoms with Crippen molar-refractivity contribution in [2.75, 3.05) is 0 Å². The Balaban J connectivity index is 4.22. The van der Waals surface area contributed by atoms with E-state index in [4.69, 9.17) is 0 Å². The van der Waals surface area contributed by atoms with Crippen molar-refractivity contribution in [1.82, 2.24) is 0 Å². The maximum absolute atomic E-state index is 10.4. The van der Waals surface area contributed by atoms with Gasteiger partial charge in [-0.15, -0.1) is 0 Å². The zero-order valence-electron chi connectivity index (χ0n) is 6.63. The lowest BCUT2D eigenvalue weighted by Gasteiger charge is -2.12. The van der Waals surface area contributed by atoms with Gasteiger partial charge < -0.3 is 0 Å². The van der Waals surface area contributed by atoms with Crippen molar-refractivity contribution >= 4 is 10.7 Å². The Morgan fingerprint density at radius 2 is 1.70 bits per heavy atom. The molecule has 10 heavy (non-hydrogen) atoms. The largest absolute Gasteiger partial charge is 0.227 e. The molecule has 0 bridgehead atoms. The Kier molecular flexibility index (Phi) is 3.64. The zero-order valence-corrected chi connectivity index (χ0v) is 7.52. The summed E-state index contributed by atoms with van der Waals surface area (Å²) >= 11 is 0. The molecule has 0 aromatic heterocycles. The van der Waals surface area contributed by atoms with E-state index >= 15 is 0 Å². The molecule has 1 unspecified atom stereocenters. The highest BCUT2D eigenvalue weighted by molar-refractivity contribution is 7.76. The lowest BCUT2D eigenvalue weighted by Crippen LogP contribution is -2.07. The van der Waals surface area contributed by atoms with Gasteiger partial charge in [0, 0.05) is 4.91 Å². The van der Waals surface area contributed by atoms with E-state index in [1.807, 2.05) is 20.8 Å². The van der Waals surface area contributed by atoms with E-state index < -0.39 is 10.7 Å². The summed E-state index contributed by atoms with van der Waals surface area (Å²) in [7, 11) is -2.43. The molecule has 0 aromatic carbocycles. The Morgan fingerprint density at radius 1 is 1.30 bits per heavy atom. The van der Waals surface area contributed by atoms with Crippen LogP contribution in [0.15, 0.2) is 11.5 Å². The minimum atomic E-state index is -2.43. The van der Waals surface area contributed by atoms with Crippen molar-refractivity contribution < 1.29 is 8.42 Å². The van der Waals surface area contributed by atoms with Crippen LogP contribution in [0.3, 0.4) is 0 Å². The van der Waals surface area contributed by atoms with Crippen LogP contribution in [0.2, 0.25) is 0 Å². The van der Waals surface area contributed by atoms with Gasteiger partial charge in [0.15, 0.2) is 10.7 Å². The van der Waals surface area contributed by atoms with Crippen LogP contribution in [-0.4, -0.2) is 8.42 Å². The maximum Gasteiger partial charge on any atom is 0.164 e. The highest BCUT2D eigenvalue weighted by Gasteiger charge is 2.11. The summed E-state index contributed by atoms with van der Waals surface area (Å²) in [6, 6.07) is 0. The first kappa shape index (κ1) is 9.69. The van der Waals surface area contributed by atoms with Crippen molar-refractivity contribution in [3.63, 3.8) is 0 Å². The van der Waals surface area contributed by atoms with Crippen LogP contribution in [-0.2, 0) is 10.7 Å². The van der Waals surface area contributed by atoms with E-state index in [2.05, 4.69) is 6.58 Å². The average Bonchev–Trinajstić information content (AvgIpc) is 1.84. The van der Waals surface area contributed by atoms with Crippen molar-refractivity contribution in [3.05, 3.63) is 11.5 Å². The van der Waals surface area contributed by atoms with Crippen molar-refractivity contribution in [2.45, 2.75) is 20.8 Å². The van der Waals surface area contributed by atoms with E-state index in [9.17, 15) is 8.42 Å². The van der Waals surface area contributed by atoms with Crippen LogP contribution < -0.4 is 0 Å². The normalized spacial score (nSPS) is 14.1. The number of allylic oxidation sites excluding steroid dienone is 1. The van der Waals surface area contributed by atoms with Gasteiger partial charge in [0.2, 0.25) is 0 Å². The monoisotopic (exact) mass is 162 g/mol. The van der Waals surface area contributed by atoms with E-state index in [0.717, 1.165) is 0 Å². The van der Waals surface area contributed by atoms with Crippen molar-refractivity contribution in [1.29, 1.82) is 0 Å². The fourth-order valence-electron chi connectivity index (χ4n) is 0.551. The van der Waals surface area contributed by atoms with E-state index in [-0.39, 0.29) is 5.92 Å². The summed E-state index contributed by atoms with van der Waals surface area (Å²) in [5, 5.41) is 0. The molecule has 0 saturated carbocycles. The number of rotatable bonds is 3. The molecule has 0 spiro atoms. The minimum Gasteiger partial charge on any atom is -0.227 e. The first-order valence-corrected chi connectivity index (χ1v) is 4.47. The molecule has 0 aliphatic rings. The summed E-state index contributed by atoms with van der Waals surface area (Å²) < 4.78 is 20.8. The van der Waals surface area contributed by atoms with Crippen LogP contribution in [0.25, 0.3) is 0 Å². The van der Waals surface area contributed by atoms with Gasteiger partial charge in [-0.05, 0) is 11.8 Å². The van der Waals surface area contributed by atoms with Crippen LogP contribution in [0.1, 0.15) is 20.8 Å². The number of hydrogen-bond donors (Lipinski definition) is 1. The maximum atomic E-state index is 10.4. The zero-order chi connectivity index (χ0) is 8.31. The summed E-state index contributed by atoms with van der Waals surface area (Å²) in [4.78, 5) is 0.338. The molecular formula is C7H14O2S. The van der Waals surface area contributed by atoms with Crippen LogP contribution >= 0.6 is 0 Å². The Hall–Kier alpha value is -0.310. The fraction of sp³-hybridized carbons (Fsp3) is 0.714. The Bertz CT molecular complexity index is 184. The predicted octanol–water partition coefficient (Wildman–Crippen LogP) is 1.40. The second-order valence-corrected chi connectivity index (χ2v) is 3.87. The Labute approximate surface area is 63.9 Å². The van der Waals surface area contributed by atoms with Crippen LogP contribution in [0, 0.1) is 11.8 Å². The van der Waals surface area contributed by atoms with Crippen LogP contribution in [0.4, 0.5) is 0 Å². The first-order valence-electron chi connectivity index (χ1n) is 3.30. The van der Waals surface area contributed by atoms with E-state index in [1.165, 1.54) is 0 Å². The van der Waals surface area contributed by atoms with Crippen molar-refractivity contribution in [3.8, 4) is 0 Å². The van der Waals surface area contributed by atoms with Gasteiger partial charge in [0.25, 0.3) is 0 Å². The molecule has 2 nitrogen and oxygen atoms in total. The SMILES string of the molecule is C=C(C(C)C(C)C)[SH](=O)=O. The molecule has 3 heteroatoms. The van der Waals surface area contributed by atoms with Crippen molar-refractivity contribution in [2.24, 2.45) is 11.8 Å².